The van der Waals surface area contributed by atoms with Crippen molar-refractivity contribution in [2.75, 3.05) is 0 Å². The number of aryl methyl sites for hydroxylation is 1. The number of rotatable bonds is 6. The molecule has 0 amide bonds. The summed E-state index contributed by atoms with van der Waals surface area (Å²) in [7, 11) is 0. The summed E-state index contributed by atoms with van der Waals surface area (Å²) in [4.78, 5) is 11.4. The topological polar surface area (TPSA) is 38.1 Å². The van der Waals surface area contributed by atoms with Crippen LogP contribution in [-0.4, -0.2) is 15.1 Å². The molecule has 0 saturated heterocycles. The Labute approximate surface area is 175 Å². The second-order valence-corrected chi connectivity index (χ2v) is 6.73. The summed E-state index contributed by atoms with van der Waals surface area (Å²) < 4.78 is 14.1. The Morgan fingerprint density at radius 2 is 1.62 bits per heavy atom. The van der Waals surface area contributed by atoms with Gasteiger partial charge in [-0.1, -0.05) is 55.9 Å². The van der Waals surface area contributed by atoms with Crippen molar-refractivity contribution in [3.63, 3.8) is 0 Å². The van der Waals surface area contributed by atoms with Gasteiger partial charge in [0.15, 0.2) is 5.82 Å². The summed E-state index contributed by atoms with van der Waals surface area (Å²) in [6, 6.07) is 15.6. The minimum Gasteiger partial charge on any atom is -0.247 e. The molecule has 0 spiro atoms. The molecule has 1 aromatic heterocycles. The maximum Gasteiger partial charge on any atom is 0.241 e. The van der Waals surface area contributed by atoms with Gasteiger partial charge in [-0.25, -0.2) is 4.98 Å². The van der Waals surface area contributed by atoms with E-state index in [1.165, 1.54) is 31.0 Å². The predicted molar refractivity (Wildman–Crippen MR) is 118 cm³/mol. The molecule has 0 saturated carbocycles. The molecule has 3 nitrogen and oxygen atoms in total. The van der Waals surface area contributed by atoms with Gasteiger partial charge in [-0.05, 0) is 54.9 Å². The molecular weight excluding hydrogens is 381 g/mol. The van der Waals surface area contributed by atoms with Gasteiger partial charge in [0, 0.05) is 16.7 Å². The highest BCUT2D eigenvalue weighted by molar-refractivity contribution is 7.78. The Balaban J connectivity index is 1.69. The van der Waals surface area contributed by atoms with Crippen LogP contribution in [0.25, 0.3) is 11.3 Å². The first-order valence-electron chi connectivity index (χ1n) is 9.51. The van der Waals surface area contributed by atoms with E-state index < -0.39 is 5.95 Å². The highest BCUT2D eigenvalue weighted by atomic mass is 32.1. The van der Waals surface area contributed by atoms with Crippen LogP contribution in [0.3, 0.4) is 0 Å². The van der Waals surface area contributed by atoms with Crippen molar-refractivity contribution in [1.29, 1.82) is 0 Å². The fourth-order valence-electron chi connectivity index (χ4n) is 2.84. The number of thiocarbonyl (C=S) groups is 1. The van der Waals surface area contributed by atoms with E-state index in [1.54, 1.807) is 12.1 Å². The molecule has 144 valence electrons. The standard InChI is InChI=1S/C24H20FN3S/c1-2-3-4-5-18-6-8-19(9-7-18)10-11-20-12-14-21(15-13-20)23-24(25)28-22(16-26-23)27-17-29/h6-9,12-16H,2-5H2,1H3. The maximum atomic E-state index is 14.1. The molecule has 3 aromatic rings. The summed E-state index contributed by atoms with van der Waals surface area (Å²) in [6.45, 7) is 2.21. The summed E-state index contributed by atoms with van der Waals surface area (Å²) in [5, 5.41) is 2.14. The van der Waals surface area contributed by atoms with Crippen LogP contribution < -0.4 is 0 Å². The van der Waals surface area contributed by atoms with Gasteiger partial charge in [0.2, 0.25) is 5.95 Å². The molecule has 0 N–H and O–H groups in total. The first kappa shape index (κ1) is 20.5. The lowest BCUT2D eigenvalue weighted by molar-refractivity contribution is 0.582. The number of aromatic nitrogens is 2. The SMILES string of the molecule is CCCCCc1ccc(C#Cc2ccc(-c3ncc(N=C=S)nc3F)cc2)cc1. The van der Waals surface area contributed by atoms with Crippen molar-refractivity contribution in [3.8, 4) is 23.1 Å². The molecule has 3 rings (SSSR count). The van der Waals surface area contributed by atoms with Gasteiger partial charge in [-0.3, -0.25) is 0 Å². The van der Waals surface area contributed by atoms with E-state index in [-0.39, 0.29) is 11.5 Å². The van der Waals surface area contributed by atoms with E-state index in [1.807, 2.05) is 12.1 Å². The van der Waals surface area contributed by atoms with Crippen LogP contribution >= 0.6 is 12.2 Å². The first-order valence-corrected chi connectivity index (χ1v) is 9.92. The third kappa shape index (κ3) is 5.89. The number of hydrogen-bond acceptors (Lipinski definition) is 4. The van der Waals surface area contributed by atoms with Gasteiger partial charge in [0.25, 0.3) is 0 Å². The molecule has 0 aliphatic heterocycles. The highest BCUT2D eigenvalue weighted by Crippen LogP contribution is 2.21. The van der Waals surface area contributed by atoms with Gasteiger partial charge in [0.1, 0.15) is 5.69 Å². The molecule has 0 aliphatic rings. The lowest BCUT2D eigenvalue weighted by atomic mass is 10.1. The van der Waals surface area contributed by atoms with E-state index in [2.05, 4.69) is 75.4 Å². The molecule has 0 atom stereocenters. The Morgan fingerprint density at radius 3 is 2.21 bits per heavy atom. The van der Waals surface area contributed by atoms with E-state index in [4.69, 9.17) is 0 Å². The monoisotopic (exact) mass is 401 g/mol. The van der Waals surface area contributed by atoms with E-state index in [0.29, 0.717) is 5.56 Å². The van der Waals surface area contributed by atoms with Crippen molar-refractivity contribution >= 4 is 23.2 Å². The average molecular weight is 402 g/mol. The maximum absolute atomic E-state index is 14.1. The van der Waals surface area contributed by atoms with Crippen molar-refractivity contribution in [2.45, 2.75) is 32.6 Å². The lowest BCUT2D eigenvalue weighted by Gasteiger charge is -2.02. The van der Waals surface area contributed by atoms with E-state index in [0.717, 1.165) is 17.5 Å². The van der Waals surface area contributed by atoms with E-state index in [9.17, 15) is 4.39 Å². The van der Waals surface area contributed by atoms with Crippen LogP contribution in [-0.2, 0) is 6.42 Å². The smallest absolute Gasteiger partial charge is 0.241 e. The van der Waals surface area contributed by atoms with Crippen molar-refractivity contribution in [1.82, 2.24) is 9.97 Å². The second kappa shape index (κ2) is 10.4. The van der Waals surface area contributed by atoms with Crippen molar-refractivity contribution < 1.29 is 4.39 Å². The zero-order valence-electron chi connectivity index (χ0n) is 16.2. The fourth-order valence-corrected chi connectivity index (χ4v) is 2.94. The van der Waals surface area contributed by atoms with Gasteiger partial charge >= 0.3 is 0 Å². The minimum atomic E-state index is -0.700. The number of isothiocyanates is 1. The van der Waals surface area contributed by atoms with Gasteiger partial charge in [-0.15, -0.1) is 0 Å². The molecule has 2 aromatic carbocycles. The van der Waals surface area contributed by atoms with Gasteiger partial charge in [-0.2, -0.15) is 14.4 Å². The molecule has 1 heterocycles. The zero-order valence-corrected chi connectivity index (χ0v) is 17.0. The molecule has 29 heavy (non-hydrogen) atoms. The Kier molecular flexibility index (Phi) is 7.35. The van der Waals surface area contributed by atoms with Gasteiger partial charge < -0.3 is 0 Å². The van der Waals surface area contributed by atoms with Crippen LogP contribution in [0.15, 0.2) is 59.7 Å². The van der Waals surface area contributed by atoms with Crippen LogP contribution in [0, 0.1) is 17.8 Å². The van der Waals surface area contributed by atoms with Crippen LogP contribution in [0.4, 0.5) is 10.2 Å². The van der Waals surface area contributed by atoms with E-state index >= 15 is 0 Å². The lowest BCUT2D eigenvalue weighted by Crippen LogP contribution is -1.93. The summed E-state index contributed by atoms with van der Waals surface area (Å²) in [5.74, 6) is 5.70. The third-order valence-corrected chi connectivity index (χ3v) is 4.50. The largest absolute Gasteiger partial charge is 0.247 e. The molecular formula is C24H20FN3S. The predicted octanol–water partition coefficient (Wildman–Crippen LogP) is 6.15. The number of hydrogen-bond donors (Lipinski definition) is 0. The zero-order chi connectivity index (χ0) is 20.5. The number of halogens is 1. The number of aliphatic imine (C=N–C) groups is 1. The van der Waals surface area contributed by atoms with Crippen molar-refractivity contribution in [3.05, 3.63) is 77.4 Å². The molecule has 0 fully saturated rings. The average Bonchev–Trinajstić information content (AvgIpc) is 2.74. The molecule has 0 unspecified atom stereocenters. The summed E-state index contributed by atoms with van der Waals surface area (Å²) in [5.41, 5.74) is 3.94. The second-order valence-electron chi connectivity index (χ2n) is 6.55. The molecule has 0 bridgehead atoms. The Morgan fingerprint density at radius 1 is 0.966 bits per heavy atom. The molecule has 0 aliphatic carbocycles. The summed E-state index contributed by atoms with van der Waals surface area (Å²) >= 11 is 4.49. The molecule has 5 heteroatoms. The molecule has 0 radical (unpaired) electrons. The third-order valence-electron chi connectivity index (χ3n) is 4.41. The fraction of sp³-hybridized carbons (Fsp3) is 0.208. The minimum absolute atomic E-state index is 0.0973. The Hall–Kier alpha value is -3.19. The number of benzene rings is 2. The Bertz CT molecular complexity index is 1070. The van der Waals surface area contributed by atoms with Crippen molar-refractivity contribution in [2.24, 2.45) is 4.99 Å². The number of nitrogens with zero attached hydrogens (tertiary/aromatic N) is 3. The quantitative estimate of drug-likeness (QED) is 0.215. The van der Waals surface area contributed by atoms with Crippen LogP contribution in [0.5, 0.6) is 0 Å². The van der Waals surface area contributed by atoms with Gasteiger partial charge in [0.05, 0.1) is 11.4 Å². The first-order chi connectivity index (χ1) is 14.2. The van der Waals surface area contributed by atoms with Crippen LogP contribution in [0.1, 0.15) is 42.9 Å². The highest BCUT2D eigenvalue weighted by Gasteiger charge is 2.09. The number of unbranched alkanes of at least 4 members (excludes halogenated alkanes) is 2. The summed E-state index contributed by atoms with van der Waals surface area (Å²) in [6.07, 6.45) is 6.19. The van der Waals surface area contributed by atoms with Crippen LogP contribution in [0.2, 0.25) is 0 Å². The normalized spacial score (nSPS) is 10.0.